The van der Waals surface area contributed by atoms with Gasteiger partial charge in [0.15, 0.2) is 0 Å². The Labute approximate surface area is 58.3 Å². The monoisotopic (exact) mass is 123 g/mol. The quantitative estimate of drug-likeness (QED) is 0.389. The zero-order valence-electron chi connectivity index (χ0n) is 6.14. The van der Waals surface area contributed by atoms with Crippen molar-refractivity contribution in [2.45, 2.75) is 32.6 Å². The van der Waals surface area contributed by atoms with Gasteiger partial charge in [-0.15, -0.1) is 0 Å². The van der Waals surface area contributed by atoms with E-state index < -0.39 is 0 Å². The molecule has 0 atom stereocenters. The average Bonchev–Trinajstić information content (AvgIpc) is 1.89. The highest BCUT2D eigenvalue weighted by Crippen LogP contribution is 1.99. The van der Waals surface area contributed by atoms with Gasteiger partial charge >= 0.3 is 0 Å². The summed E-state index contributed by atoms with van der Waals surface area (Å²) in [7, 11) is 0. The fraction of sp³-hybridized carbons (Fsp3) is 0.556. The van der Waals surface area contributed by atoms with Crippen molar-refractivity contribution >= 4 is 0 Å². The Morgan fingerprint density at radius 3 is 2.44 bits per heavy atom. The van der Waals surface area contributed by atoms with E-state index in [0.29, 0.717) is 0 Å². The highest BCUT2D eigenvalue weighted by Gasteiger charge is 1.80. The number of hydrogen-bond donors (Lipinski definition) is 0. The van der Waals surface area contributed by atoms with Crippen LogP contribution in [0.2, 0.25) is 0 Å². The van der Waals surface area contributed by atoms with Crippen LogP contribution in [0.4, 0.5) is 0 Å². The molecule has 0 nitrogen and oxygen atoms in total. The molecule has 0 aliphatic carbocycles. The molecule has 0 saturated carbocycles. The third kappa shape index (κ3) is 7.48. The van der Waals surface area contributed by atoms with E-state index in [1.54, 1.807) is 6.08 Å². The number of unbranched alkanes of at least 4 members (excludes halogenated alkanes) is 3. The van der Waals surface area contributed by atoms with E-state index in [-0.39, 0.29) is 0 Å². The summed E-state index contributed by atoms with van der Waals surface area (Å²) < 4.78 is 0. The van der Waals surface area contributed by atoms with Gasteiger partial charge in [0.1, 0.15) is 0 Å². The summed E-state index contributed by atoms with van der Waals surface area (Å²) in [4.78, 5) is 0. The molecule has 0 fully saturated rings. The summed E-state index contributed by atoms with van der Waals surface area (Å²) in [5.41, 5.74) is 0. The van der Waals surface area contributed by atoms with Crippen LogP contribution in [0.3, 0.4) is 0 Å². The molecule has 0 aliphatic heterocycles. The van der Waals surface area contributed by atoms with Gasteiger partial charge in [0, 0.05) is 0 Å². The highest BCUT2D eigenvalue weighted by atomic mass is 13.9. The topological polar surface area (TPSA) is 0 Å². The molecule has 0 heterocycles. The van der Waals surface area contributed by atoms with Crippen molar-refractivity contribution in [1.82, 2.24) is 0 Å². The van der Waals surface area contributed by atoms with Gasteiger partial charge in [-0.1, -0.05) is 24.8 Å². The molecule has 1 radical (unpaired) electrons. The van der Waals surface area contributed by atoms with Gasteiger partial charge in [0.25, 0.3) is 0 Å². The van der Waals surface area contributed by atoms with Crippen molar-refractivity contribution in [2.75, 3.05) is 0 Å². The summed E-state index contributed by atoms with van der Waals surface area (Å²) >= 11 is 0. The third-order valence-corrected chi connectivity index (χ3v) is 1.23. The van der Waals surface area contributed by atoms with Crippen LogP contribution in [0.5, 0.6) is 0 Å². The van der Waals surface area contributed by atoms with Crippen LogP contribution in [-0.2, 0) is 0 Å². The van der Waals surface area contributed by atoms with Gasteiger partial charge in [-0.3, -0.25) is 0 Å². The maximum atomic E-state index is 5.20. The van der Waals surface area contributed by atoms with E-state index in [4.69, 9.17) is 6.58 Å². The van der Waals surface area contributed by atoms with Crippen molar-refractivity contribution in [1.29, 1.82) is 0 Å². The first-order valence-electron chi connectivity index (χ1n) is 3.56. The fourth-order valence-electron chi connectivity index (χ4n) is 0.691. The lowest BCUT2D eigenvalue weighted by Crippen LogP contribution is -1.70. The maximum Gasteiger partial charge on any atom is -0.0347 e. The lowest BCUT2D eigenvalue weighted by molar-refractivity contribution is 0.762. The Kier molecular flexibility index (Phi) is 7.05. The van der Waals surface area contributed by atoms with E-state index in [9.17, 15) is 0 Å². The smallest absolute Gasteiger partial charge is 0.0347 e. The molecule has 0 bridgehead atoms. The molecule has 0 N–H and O–H groups in total. The summed E-state index contributed by atoms with van der Waals surface area (Å²) in [5.74, 6) is 0. The SMILES string of the molecule is [CH]=CCCCC/C=C/C. The zero-order valence-corrected chi connectivity index (χ0v) is 6.14. The number of rotatable bonds is 5. The normalized spacial score (nSPS) is 10.3. The second kappa shape index (κ2) is 7.48. The van der Waals surface area contributed by atoms with Crippen LogP contribution in [0.25, 0.3) is 0 Å². The Morgan fingerprint density at radius 1 is 1.22 bits per heavy atom. The van der Waals surface area contributed by atoms with Gasteiger partial charge in [0.2, 0.25) is 0 Å². The largest absolute Gasteiger partial charge is 0.0917 e. The lowest BCUT2D eigenvalue weighted by atomic mass is 10.2. The first-order chi connectivity index (χ1) is 4.41. The van der Waals surface area contributed by atoms with Crippen LogP contribution < -0.4 is 0 Å². The standard InChI is InChI=1S/C9H15/c1-3-5-7-9-8-6-4-2/h1,3-4,6H,5,7-9H2,2H3/b3-1?,6-4+. The molecule has 0 rings (SSSR count). The molecule has 0 heteroatoms. The van der Waals surface area contributed by atoms with E-state index >= 15 is 0 Å². The molecule has 0 amide bonds. The molecule has 0 aliphatic rings. The second-order valence-corrected chi connectivity index (χ2v) is 2.09. The summed E-state index contributed by atoms with van der Waals surface area (Å²) in [6.45, 7) is 7.25. The van der Waals surface area contributed by atoms with E-state index in [2.05, 4.69) is 19.1 Å². The van der Waals surface area contributed by atoms with Gasteiger partial charge in [-0.05, 0) is 32.6 Å². The average molecular weight is 123 g/mol. The van der Waals surface area contributed by atoms with Crippen molar-refractivity contribution in [3.8, 4) is 0 Å². The molecule has 0 aromatic carbocycles. The van der Waals surface area contributed by atoms with Crippen molar-refractivity contribution < 1.29 is 0 Å². The molecular weight excluding hydrogens is 108 g/mol. The van der Waals surface area contributed by atoms with Crippen LogP contribution >= 0.6 is 0 Å². The Hall–Kier alpha value is -0.520. The van der Waals surface area contributed by atoms with Crippen molar-refractivity contribution in [2.24, 2.45) is 0 Å². The minimum absolute atomic E-state index is 1.05. The van der Waals surface area contributed by atoms with Gasteiger partial charge in [-0.25, -0.2) is 0 Å². The van der Waals surface area contributed by atoms with E-state index in [1.807, 2.05) is 0 Å². The van der Waals surface area contributed by atoms with Gasteiger partial charge in [0.05, 0.1) is 0 Å². The van der Waals surface area contributed by atoms with Gasteiger partial charge in [-0.2, -0.15) is 0 Å². The summed E-state index contributed by atoms with van der Waals surface area (Å²) in [6, 6.07) is 0. The first-order valence-corrected chi connectivity index (χ1v) is 3.56. The van der Waals surface area contributed by atoms with Crippen molar-refractivity contribution in [3.63, 3.8) is 0 Å². The maximum absolute atomic E-state index is 5.20. The molecule has 0 aromatic heterocycles. The Balaban J connectivity index is 2.82. The van der Waals surface area contributed by atoms with Crippen LogP contribution in [0.15, 0.2) is 18.2 Å². The predicted molar refractivity (Wildman–Crippen MR) is 42.2 cm³/mol. The van der Waals surface area contributed by atoms with Crippen molar-refractivity contribution in [3.05, 3.63) is 24.8 Å². The first kappa shape index (κ1) is 8.48. The number of allylic oxidation sites excluding steroid dienone is 3. The molecular formula is C9H15. The zero-order chi connectivity index (χ0) is 6.95. The molecule has 51 valence electrons. The summed E-state index contributed by atoms with van der Waals surface area (Å²) in [5, 5.41) is 0. The Bertz CT molecular complexity index is 80.0. The minimum Gasteiger partial charge on any atom is -0.0917 e. The molecule has 0 spiro atoms. The number of hydrogen-bond acceptors (Lipinski definition) is 0. The summed E-state index contributed by atoms with van der Waals surface area (Å²) in [6.07, 6.45) is 10.7. The van der Waals surface area contributed by atoms with Crippen LogP contribution in [-0.4, -0.2) is 0 Å². The van der Waals surface area contributed by atoms with E-state index in [0.717, 1.165) is 6.42 Å². The predicted octanol–water partition coefficient (Wildman–Crippen LogP) is 3.11. The van der Waals surface area contributed by atoms with Gasteiger partial charge < -0.3 is 0 Å². The third-order valence-electron chi connectivity index (χ3n) is 1.23. The van der Waals surface area contributed by atoms with E-state index in [1.165, 1.54) is 19.3 Å². The molecule has 0 aromatic rings. The van der Waals surface area contributed by atoms with Crippen LogP contribution in [0.1, 0.15) is 32.6 Å². The van der Waals surface area contributed by atoms with Crippen LogP contribution in [0, 0.1) is 6.58 Å². The minimum atomic E-state index is 1.05. The molecule has 0 saturated heterocycles. The Morgan fingerprint density at radius 2 is 1.89 bits per heavy atom. The molecule has 0 unspecified atom stereocenters. The fourth-order valence-corrected chi connectivity index (χ4v) is 0.691. The molecule has 9 heavy (non-hydrogen) atoms. The highest BCUT2D eigenvalue weighted by molar-refractivity contribution is 4.76. The second-order valence-electron chi connectivity index (χ2n) is 2.09. The lowest BCUT2D eigenvalue weighted by Gasteiger charge is -1.90.